The molecule has 0 radical (unpaired) electrons. The van der Waals surface area contributed by atoms with Crippen LogP contribution >= 0.6 is 0 Å². The van der Waals surface area contributed by atoms with Gasteiger partial charge in [0.1, 0.15) is 40.8 Å². The molecule has 0 spiro atoms. The van der Waals surface area contributed by atoms with Crippen LogP contribution in [0.1, 0.15) is 103 Å². The molecule has 5 N–H and O–H groups in total. The minimum Gasteiger partial charge on any atom is -0.497 e. The molecule has 4 atom stereocenters. The highest BCUT2D eigenvalue weighted by atomic mass is 16.5. The number of aliphatic hydroxyl groups is 2. The third-order valence-electron chi connectivity index (χ3n) is 16.4. The molecule has 0 unspecified atom stereocenters. The second-order valence-electron chi connectivity index (χ2n) is 22.2. The van der Waals surface area contributed by atoms with Crippen molar-refractivity contribution in [3.8, 4) is 23.0 Å². The number of hydrogen-bond acceptors (Lipinski definition) is 13. The number of rotatable bonds is 29. The van der Waals surface area contributed by atoms with Crippen LogP contribution in [-0.4, -0.2) is 130 Å². The molecule has 0 saturated carbocycles. The number of nitrogens with one attached hydrogen (secondary N) is 1. The van der Waals surface area contributed by atoms with E-state index >= 15 is 0 Å². The van der Waals surface area contributed by atoms with Crippen LogP contribution in [0.4, 0.5) is 4.79 Å². The Balaban J connectivity index is 0.000000234. The molecular weight excluding hydrogens is 1110 g/mol. The third kappa shape index (κ3) is 17.1. The largest absolute Gasteiger partial charge is 0.497 e. The first kappa shape index (κ1) is 65.7. The average molecular weight is 1200 g/mol. The van der Waals surface area contributed by atoms with Gasteiger partial charge in [0.25, 0.3) is 0 Å². The highest BCUT2D eigenvalue weighted by Crippen LogP contribution is 2.44. The molecule has 7 aromatic rings. The fourth-order valence-electron chi connectivity index (χ4n) is 11.7. The number of ether oxygens (including phenoxy) is 7. The monoisotopic (exact) mass is 1200 g/mol. The highest BCUT2D eigenvalue weighted by molar-refractivity contribution is 5.77. The summed E-state index contributed by atoms with van der Waals surface area (Å²) < 4.78 is 41.0. The number of aliphatic hydroxyl groups excluding tert-OH is 2. The molecule has 88 heavy (non-hydrogen) atoms. The predicted octanol–water partition coefficient (Wildman–Crippen LogP) is 11.0. The molecule has 2 heterocycles. The lowest BCUT2D eigenvalue weighted by atomic mass is 9.80. The number of carbonyl (C=O) groups is 3. The summed E-state index contributed by atoms with van der Waals surface area (Å²) in [6.45, 7) is 2.40. The molecule has 16 nitrogen and oxygen atoms in total. The molecule has 2 aliphatic rings. The summed E-state index contributed by atoms with van der Waals surface area (Å²) in [5, 5.41) is 24.0. The van der Waals surface area contributed by atoms with Crippen LogP contribution < -0.4 is 30.0 Å². The number of β-amino-alcohol motifs (C(OH)–C–C–N with tert-alkyl or cyclic N) is 2. The number of benzene rings is 7. The van der Waals surface area contributed by atoms with Gasteiger partial charge in [-0.25, -0.2) is 4.79 Å². The van der Waals surface area contributed by atoms with Crippen LogP contribution in [0.2, 0.25) is 0 Å². The Labute approximate surface area is 518 Å². The van der Waals surface area contributed by atoms with Gasteiger partial charge >= 0.3 is 6.09 Å². The second kappa shape index (κ2) is 33.2. The molecule has 466 valence electrons. The maximum Gasteiger partial charge on any atom is 0.407 e. The molecule has 3 amide bonds. The molecule has 0 aliphatic carbocycles. The quantitative estimate of drug-likeness (QED) is 0.0255. The van der Waals surface area contributed by atoms with Crippen molar-refractivity contribution in [2.75, 3.05) is 67.8 Å². The summed E-state index contributed by atoms with van der Waals surface area (Å²) in [7, 11) is 6.56. The fraction of sp³-hybridized carbons (Fsp3) is 0.375. The molecule has 9 rings (SSSR count). The van der Waals surface area contributed by atoms with Crippen LogP contribution in [0.3, 0.4) is 0 Å². The lowest BCUT2D eigenvalue weighted by molar-refractivity contribution is -0.135. The van der Waals surface area contributed by atoms with Gasteiger partial charge in [0.15, 0.2) is 0 Å². The van der Waals surface area contributed by atoms with Gasteiger partial charge in [-0.1, -0.05) is 152 Å². The Morgan fingerprint density at radius 2 is 0.807 bits per heavy atom. The highest BCUT2D eigenvalue weighted by Gasteiger charge is 2.43. The Morgan fingerprint density at radius 1 is 0.466 bits per heavy atom. The molecule has 0 aromatic heterocycles. The maximum absolute atomic E-state index is 13.5. The lowest BCUT2D eigenvalue weighted by Crippen LogP contribution is -2.42. The van der Waals surface area contributed by atoms with Crippen molar-refractivity contribution in [3.63, 3.8) is 0 Å². The zero-order valence-electron chi connectivity index (χ0n) is 51.2. The smallest absolute Gasteiger partial charge is 0.407 e. The van der Waals surface area contributed by atoms with E-state index in [1.807, 2.05) is 176 Å². The minimum atomic E-state index is -1.02. The van der Waals surface area contributed by atoms with Crippen LogP contribution in [0.15, 0.2) is 188 Å². The number of methoxy groups -OCH3 is 4. The zero-order valence-corrected chi connectivity index (χ0v) is 51.2. The first-order valence-corrected chi connectivity index (χ1v) is 30.5. The van der Waals surface area contributed by atoms with Gasteiger partial charge < -0.3 is 64.2 Å². The third-order valence-corrected chi connectivity index (χ3v) is 16.4. The van der Waals surface area contributed by atoms with Crippen LogP contribution in [0.25, 0.3) is 0 Å². The number of unbranched alkanes of at least 4 members (excludes halogenated alkanes) is 4. The van der Waals surface area contributed by atoms with Crippen LogP contribution in [0, 0.1) is 0 Å². The van der Waals surface area contributed by atoms with Gasteiger partial charge in [0, 0.05) is 32.5 Å². The summed E-state index contributed by atoms with van der Waals surface area (Å²) in [4.78, 5) is 42.2. The second-order valence-corrected chi connectivity index (χ2v) is 22.2. The number of likely N-dealkylation sites (tertiary alicyclic amines) is 2. The number of nitrogens with zero attached hydrogens (tertiary/aromatic N) is 2. The normalized spacial score (nSPS) is 16.5. The van der Waals surface area contributed by atoms with E-state index in [4.69, 9.17) is 38.9 Å². The molecular formula is C72H86N4O12. The maximum atomic E-state index is 13.5. The summed E-state index contributed by atoms with van der Waals surface area (Å²) in [6.07, 6.45) is 4.85. The van der Waals surface area contributed by atoms with E-state index in [0.29, 0.717) is 51.7 Å². The van der Waals surface area contributed by atoms with Gasteiger partial charge in [-0.3, -0.25) is 9.59 Å². The molecule has 0 bridgehead atoms. The van der Waals surface area contributed by atoms with E-state index < -0.39 is 29.5 Å². The number of alkyl carbamates (subject to hydrolysis) is 1. The lowest BCUT2D eigenvalue weighted by Gasteiger charge is -2.38. The molecule has 2 aliphatic heterocycles. The first-order chi connectivity index (χ1) is 42.9. The molecule has 2 fully saturated rings. The van der Waals surface area contributed by atoms with Gasteiger partial charge in [-0.15, -0.1) is 0 Å². The predicted molar refractivity (Wildman–Crippen MR) is 339 cm³/mol. The van der Waals surface area contributed by atoms with Crippen molar-refractivity contribution in [3.05, 3.63) is 227 Å². The van der Waals surface area contributed by atoms with Crippen molar-refractivity contribution in [2.45, 2.75) is 106 Å². The number of amides is 3. The van der Waals surface area contributed by atoms with Crippen LogP contribution in [-0.2, 0) is 41.6 Å². The van der Waals surface area contributed by atoms with Crippen molar-refractivity contribution < 1.29 is 57.8 Å². The van der Waals surface area contributed by atoms with E-state index in [-0.39, 0.29) is 50.3 Å². The summed E-state index contributed by atoms with van der Waals surface area (Å²) >= 11 is 0. The van der Waals surface area contributed by atoms with Crippen molar-refractivity contribution >= 4 is 17.9 Å². The topological polar surface area (TPSA) is 201 Å². The van der Waals surface area contributed by atoms with Gasteiger partial charge in [0.2, 0.25) is 11.8 Å². The van der Waals surface area contributed by atoms with E-state index in [9.17, 15) is 24.6 Å². The van der Waals surface area contributed by atoms with Gasteiger partial charge in [-0.2, -0.15) is 0 Å². The molecule has 2 saturated heterocycles. The van der Waals surface area contributed by atoms with E-state index in [1.54, 1.807) is 38.2 Å². The Morgan fingerprint density at radius 3 is 1.16 bits per heavy atom. The average Bonchev–Trinajstić information content (AvgIpc) is 1.12. The summed E-state index contributed by atoms with van der Waals surface area (Å²) in [5.74, 6) is 3.00. The van der Waals surface area contributed by atoms with Crippen molar-refractivity contribution in [1.29, 1.82) is 0 Å². The number of hydrogen-bond donors (Lipinski definition) is 4. The van der Waals surface area contributed by atoms with Crippen molar-refractivity contribution in [1.82, 2.24) is 15.1 Å². The zero-order chi connectivity index (χ0) is 62.1. The van der Waals surface area contributed by atoms with Gasteiger partial charge in [0.05, 0.1) is 65.9 Å². The van der Waals surface area contributed by atoms with E-state index in [2.05, 4.69) is 17.4 Å². The summed E-state index contributed by atoms with van der Waals surface area (Å²) in [5.41, 5.74) is 10.1. The summed E-state index contributed by atoms with van der Waals surface area (Å²) in [6, 6.07) is 60.5. The minimum absolute atomic E-state index is 0.0143. The fourth-order valence-corrected chi connectivity index (χ4v) is 11.7. The SMILES string of the molecule is COc1ccc(C(OC[C@@H]2C[C@@H](O)CN2C(=O)CCCCCN)(c2ccccc2)c2ccc(OC)cc2)cc1.COc1ccc(C(OC[C@@H]2C[C@@H](O)CN2C(=O)CCCCCNC(=O)OCc2ccccc2)(c2ccccc2)c2ccc(OC)cc2)cc1. The van der Waals surface area contributed by atoms with E-state index in [0.717, 1.165) is 94.0 Å². The van der Waals surface area contributed by atoms with E-state index in [1.165, 1.54) is 0 Å². The van der Waals surface area contributed by atoms with Crippen molar-refractivity contribution in [2.24, 2.45) is 5.73 Å². The number of nitrogens with two attached hydrogens (primary N) is 1. The van der Waals surface area contributed by atoms with Gasteiger partial charge in [-0.05, 0) is 133 Å². The molecule has 16 heteroatoms. The Kier molecular flexibility index (Phi) is 24.8. The number of carbonyl (C=O) groups excluding carboxylic acids is 3. The standard InChI is InChI=1S/C40H46N2O7.C32H40N2O5/c1-46-36-21-17-32(18-22-36)40(31-14-8-4-9-15-31,33-19-23-37(47-2)24-20-33)49-29-34-26-35(43)27-42(34)38(44)16-10-5-11-25-41-39(45)48-28-30-12-6-3-7-13-30;1-37-29-16-12-25(13-17-29)32(24-9-5-3-6-10-24,26-14-18-30(38-2)19-15-26)39-23-27-21-28(35)22-34(27)31(36)11-7-4-8-20-33/h3-4,6-9,12-15,17-24,34-35,43H,5,10-11,16,25-29H2,1-2H3,(H,41,45);3,5-6,9-10,12-19,27-28,35H,4,7-8,11,20-23,33H2,1-2H3/t34-,35+;27-,28+/m00/s1. The molecule has 7 aromatic carbocycles. The Bertz CT molecular complexity index is 3100. The Hall–Kier alpha value is -8.25. The van der Waals surface area contributed by atoms with Crippen LogP contribution in [0.5, 0.6) is 23.0 Å². The first-order valence-electron chi connectivity index (χ1n) is 30.5.